The Morgan fingerprint density at radius 1 is 1.18 bits per heavy atom. The highest BCUT2D eigenvalue weighted by Crippen LogP contribution is 2.23. The Morgan fingerprint density at radius 2 is 2.03 bits per heavy atom. The van der Waals surface area contributed by atoms with E-state index in [1.807, 2.05) is 54.6 Å². The number of hydrogen-bond donors (Lipinski definition) is 2. The van der Waals surface area contributed by atoms with E-state index in [4.69, 9.17) is 14.3 Å². The molecule has 1 fully saturated rings. The lowest BCUT2D eigenvalue weighted by Gasteiger charge is -2.21. The van der Waals surface area contributed by atoms with Gasteiger partial charge in [-0.3, -0.25) is 4.79 Å². The number of esters is 1. The maximum absolute atomic E-state index is 12.3. The fourth-order valence-electron chi connectivity index (χ4n) is 3.69. The number of ether oxygens (including phenoxy) is 2. The van der Waals surface area contributed by atoms with Gasteiger partial charge in [-0.2, -0.15) is 0 Å². The van der Waals surface area contributed by atoms with Crippen LogP contribution in [0.1, 0.15) is 46.7 Å². The van der Waals surface area contributed by atoms with Gasteiger partial charge in [0.1, 0.15) is 11.5 Å². The average molecular weight is 462 g/mol. The number of aromatic nitrogens is 2. The van der Waals surface area contributed by atoms with Crippen molar-refractivity contribution in [2.75, 3.05) is 13.7 Å². The second-order valence-corrected chi connectivity index (χ2v) is 7.90. The molecule has 176 valence electrons. The summed E-state index contributed by atoms with van der Waals surface area (Å²) in [7, 11) is 1.34. The first kappa shape index (κ1) is 23.4. The molecule has 0 radical (unpaired) electrons. The monoisotopic (exact) mass is 461 g/mol. The van der Waals surface area contributed by atoms with Gasteiger partial charge in [-0.15, -0.1) is 0 Å². The number of H-pyrrole nitrogens is 1. The van der Waals surface area contributed by atoms with Gasteiger partial charge in [0.05, 0.1) is 7.11 Å². The first-order chi connectivity index (χ1) is 16.6. The van der Waals surface area contributed by atoms with Gasteiger partial charge >= 0.3 is 5.97 Å². The normalized spacial score (nSPS) is 15.9. The molecule has 0 saturated carbocycles. The zero-order valence-electron chi connectivity index (χ0n) is 19.0. The van der Waals surface area contributed by atoms with Crippen molar-refractivity contribution in [3.05, 3.63) is 83.3 Å². The number of hydroxylamine groups is 1. The first-order valence-electron chi connectivity index (χ1n) is 11.2. The number of nitrogens with one attached hydrogen (secondary N) is 2. The van der Waals surface area contributed by atoms with Crippen LogP contribution < -0.4 is 5.48 Å². The molecule has 2 aromatic carbocycles. The highest BCUT2D eigenvalue weighted by Gasteiger charge is 2.19. The third-order valence-electron chi connectivity index (χ3n) is 5.37. The van der Waals surface area contributed by atoms with Crippen LogP contribution in [0.5, 0.6) is 0 Å². The largest absolute Gasteiger partial charge is 0.464 e. The Morgan fingerprint density at radius 3 is 2.79 bits per heavy atom. The molecular weight excluding hydrogens is 434 g/mol. The average Bonchev–Trinajstić information content (AvgIpc) is 3.31. The number of methoxy groups -OCH3 is 1. The summed E-state index contributed by atoms with van der Waals surface area (Å²) in [6.45, 7) is 0.646. The van der Waals surface area contributed by atoms with Crippen LogP contribution in [0.4, 0.5) is 0 Å². The molecule has 1 aliphatic rings. The zero-order chi connectivity index (χ0) is 23.8. The zero-order valence-corrected chi connectivity index (χ0v) is 19.0. The number of nitrogens with zero attached hydrogens (tertiary/aromatic N) is 1. The lowest BCUT2D eigenvalue weighted by molar-refractivity contribution is -0.198. The SMILES string of the molecule is COC(=O)c1[nH]c(Cc2cccc(/C=C/C(=O)NOC3CCCCO3)c2)nc1-c1ccccc1. The molecule has 0 aliphatic carbocycles. The maximum Gasteiger partial charge on any atom is 0.356 e. The molecule has 3 aromatic rings. The fraction of sp³-hybridized carbons (Fsp3) is 0.269. The van der Waals surface area contributed by atoms with Gasteiger partial charge in [-0.1, -0.05) is 54.6 Å². The van der Waals surface area contributed by atoms with Gasteiger partial charge in [0.25, 0.3) is 5.91 Å². The number of carbonyl (C=O) groups is 2. The predicted octanol–water partition coefficient (Wildman–Crippen LogP) is 4.04. The molecule has 2 heterocycles. The number of benzene rings is 2. The van der Waals surface area contributed by atoms with Gasteiger partial charge in [0.2, 0.25) is 0 Å². The number of rotatable bonds is 8. The maximum atomic E-state index is 12.3. The van der Waals surface area contributed by atoms with Crippen LogP contribution in [-0.2, 0) is 25.5 Å². The van der Waals surface area contributed by atoms with E-state index in [-0.39, 0.29) is 5.91 Å². The van der Waals surface area contributed by atoms with Crippen LogP contribution in [0, 0.1) is 0 Å². The van der Waals surface area contributed by atoms with Crippen LogP contribution in [0.25, 0.3) is 17.3 Å². The molecular formula is C26H27N3O5. The third kappa shape index (κ3) is 6.18. The van der Waals surface area contributed by atoms with E-state index in [1.165, 1.54) is 13.2 Å². The summed E-state index contributed by atoms with van der Waals surface area (Å²) < 4.78 is 10.3. The molecule has 0 bridgehead atoms. The minimum absolute atomic E-state index is 0.318. The lowest BCUT2D eigenvalue weighted by atomic mass is 10.1. The van der Waals surface area contributed by atoms with Crippen LogP contribution in [0.3, 0.4) is 0 Å². The van der Waals surface area contributed by atoms with Gasteiger partial charge in [0, 0.05) is 31.1 Å². The first-order valence-corrected chi connectivity index (χ1v) is 11.2. The smallest absolute Gasteiger partial charge is 0.356 e. The van der Waals surface area contributed by atoms with Crippen LogP contribution in [0.15, 0.2) is 60.7 Å². The van der Waals surface area contributed by atoms with E-state index in [0.29, 0.717) is 30.2 Å². The van der Waals surface area contributed by atoms with E-state index in [0.717, 1.165) is 36.0 Å². The van der Waals surface area contributed by atoms with Crippen LogP contribution in [-0.4, -0.2) is 41.9 Å². The Labute approximate surface area is 197 Å². The van der Waals surface area contributed by atoms with Gasteiger partial charge in [0.15, 0.2) is 12.0 Å². The summed E-state index contributed by atoms with van der Waals surface area (Å²) >= 11 is 0. The topological polar surface area (TPSA) is 103 Å². The van der Waals surface area contributed by atoms with Gasteiger partial charge in [-0.25, -0.2) is 20.1 Å². The molecule has 1 unspecified atom stereocenters. The molecule has 0 spiro atoms. The predicted molar refractivity (Wildman–Crippen MR) is 126 cm³/mol. The second-order valence-electron chi connectivity index (χ2n) is 7.90. The van der Waals surface area contributed by atoms with E-state index in [1.54, 1.807) is 6.08 Å². The highest BCUT2D eigenvalue weighted by atomic mass is 16.8. The molecule has 1 saturated heterocycles. The van der Waals surface area contributed by atoms with Crippen molar-refractivity contribution < 1.29 is 23.9 Å². The number of carbonyl (C=O) groups excluding carboxylic acids is 2. The van der Waals surface area contributed by atoms with E-state index < -0.39 is 12.3 Å². The van der Waals surface area contributed by atoms with Crippen molar-refractivity contribution >= 4 is 18.0 Å². The Kier molecular flexibility index (Phi) is 7.85. The van der Waals surface area contributed by atoms with E-state index >= 15 is 0 Å². The molecule has 8 nitrogen and oxygen atoms in total. The molecule has 2 N–H and O–H groups in total. The minimum atomic E-state index is -0.471. The summed E-state index contributed by atoms with van der Waals surface area (Å²) in [5.41, 5.74) is 5.93. The molecule has 34 heavy (non-hydrogen) atoms. The quantitative estimate of drug-likeness (QED) is 0.298. The minimum Gasteiger partial charge on any atom is -0.464 e. The Hall–Kier alpha value is -3.75. The van der Waals surface area contributed by atoms with Crippen molar-refractivity contribution in [2.45, 2.75) is 32.0 Å². The van der Waals surface area contributed by atoms with Gasteiger partial charge in [-0.05, 0) is 30.0 Å². The van der Waals surface area contributed by atoms with Gasteiger partial charge < -0.3 is 14.5 Å². The lowest BCUT2D eigenvalue weighted by Crippen LogP contribution is -2.32. The second kappa shape index (κ2) is 11.4. The number of imidazole rings is 1. The number of amides is 1. The molecule has 1 aliphatic heterocycles. The Balaban J connectivity index is 1.43. The standard InChI is InChI=1S/C26H27N3O5/c1-32-26(31)25-24(20-10-3-2-4-11-20)27-21(28-25)17-19-9-7-8-18(16-19)13-14-22(30)29-34-23-12-5-6-15-33-23/h2-4,7-11,13-14,16,23H,5-6,12,15,17H2,1H3,(H,27,28)(H,29,30)/b14-13+. The number of aromatic amines is 1. The van der Waals surface area contributed by atoms with Crippen molar-refractivity contribution in [3.8, 4) is 11.3 Å². The summed E-state index contributed by atoms with van der Waals surface area (Å²) in [6.07, 6.45) is 6.01. The van der Waals surface area contributed by atoms with Crippen LogP contribution >= 0.6 is 0 Å². The van der Waals surface area contributed by atoms with E-state index in [2.05, 4.69) is 15.4 Å². The number of hydrogen-bond acceptors (Lipinski definition) is 6. The molecule has 4 rings (SSSR count). The third-order valence-corrected chi connectivity index (χ3v) is 5.37. The van der Waals surface area contributed by atoms with E-state index in [9.17, 15) is 9.59 Å². The highest BCUT2D eigenvalue weighted by molar-refractivity contribution is 5.94. The fourth-order valence-corrected chi connectivity index (χ4v) is 3.69. The molecule has 1 atom stereocenters. The van der Waals surface area contributed by atoms with Crippen molar-refractivity contribution in [3.63, 3.8) is 0 Å². The van der Waals surface area contributed by atoms with Crippen molar-refractivity contribution in [1.82, 2.24) is 15.4 Å². The molecule has 1 amide bonds. The van der Waals surface area contributed by atoms with Crippen molar-refractivity contribution in [2.24, 2.45) is 0 Å². The summed E-state index contributed by atoms with van der Waals surface area (Å²) in [5, 5.41) is 0. The summed E-state index contributed by atoms with van der Waals surface area (Å²) in [6, 6.07) is 17.2. The molecule has 1 aromatic heterocycles. The Bertz CT molecular complexity index is 1150. The summed E-state index contributed by atoms with van der Waals surface area (Å²) in [5.74, 6) is -0.194. The summed E-state index contributed by atoms with van der Waals surface area (Å²) in [4.78, 5) is 37.4. The molecule has 8 heteroatoms. The van der Waals surface area contributed by atoms with Crippen molar-refractivity contribution in [1.29, 1.82) is 0 Å². The van der Waals surface area contributed by atoms with Crippen LogP contribution in [0.2, 0.25) is 0 Å².